The highest BCUT2D eigenvalue weighted by molar-refractivity contribution is 8.00. The number of benzene rings is 4. The maximum absolute atomic E-state index is 6.83. The molecule has 0 radical (unpaired) electrons. The lowest BCUT2D eigenvalue weighted by Gasteiger charge is -2.47. The molecule has 43 heavy (non-hydrogen) atoms. The second-order valence-electron chi connectivity index (χ2n) is 11.7. The third-order valence-corrected chi connectivity index (χ3v) is 8.35. The maximum atomic E-state index is 6.83. The molecule has 4 aromatic rings. The summed E-state index contributed by atoms with van der Waals surface area (Å²) in [7, 11) is 0. The zero-order chi connectivity index (χ0) is 29.9. The molecule has 1 aliphatic rings. The van der Waals surface area contributed by atoms with Crippen LogP contribution < -0.4 is 0 Å². The molecule has 1 aliphatic heterocycles. The number of hydrogen-bond acceptors (Lipinski definition) is 6. The van der Waals surface area contributed by atoms with Crippen molar-refractivity contribution in [2.24, 2.45) is 0 Å². The van der Waals surface area contributed by atoms with Gasteiger partial charge in [-0.15, -0.1) is 11.8 Å². The van der Waals surface area contributed by atoms with Crippen LogP contribution in [-0.4, -0.2) is 42.1 Å². The molecule has 4 aromatic carbocycles. The summed E-state index contributed by atoms with van der Waals surface area (Å²) < 4.78 is 33.2. The first kappa shape index (κ1) is 31.5. The van der Waals surface area contributed by atoms with Gasteiger partial charge in [-0.1, -0.05) is 109 Å². The van der Waals surface area contributed by atoms with E-state index in [2.05, 4.69) is 81.4 Å². The minimum atomic E-state index is -0.548. The average Bonchev–Trinajstić information content (AvgIpc) is 3.02. The lowest BCUT2D eigenvalue weighted by atomic mass is 9.99. The molecule has 0 aromatic heterocycles. The first-order valence-electron chi connectivity index (χ1n) is 14.9. The van der Waals surface area contributed by atoms with Gasteiger partial charge in [0.25, 0.3) is 0 Å². The summed E-state index contributed by atoms with van der Waals surface area (Å²) in [5.74, 6) is 0. The van der Waals surface area contributed by atoms with Crippen molar-refractivity contribution < 1.29 is 23.7 Å². The highest BCUT2D eigenvalue weighted by Crippen LogP contribution is 2.40. The summed E-state index contributed by atoms with van der Waals surface area (Å²) in [4.78, 5) is 1.12. The van der Waals surface area contributed by atoms with Gasteiger partial charge in [0.1, 0.15) is 18.3 Å². The van der Waals surface area contributed by atoms with Crippen molar-refractivity contribution in [1.29, 1.82) is 0 Å². The number of rotatable bonds is 13. The molecule has 0 unspecified atom stereocenters. The summed E-state index contributed by atoms with van der Waals surface area (Å²) in [6.07, 6.45) is -1.71. The van der Waals surface area contributed by atoms with E-state index in [1.54, 1.807) is 11.8 Å². The highest BCUT2D eigenvalue weighted by atomic mass is 32.2. The Morgan fingerprint density at radius 1 is 0.605 bits per heavy atom. The van der Waals surface area contributed by atoms with Crippen molar-refractivity contribution in [2.45, 2.75) is 80.9 Å². The molecule has 0 aliphatic carbocycles. The van der Waals surface area contributed by atoms with Gasteiger partial charge in [0.2, 0.25) is 0 Å². The van der Waals surface area contributed by atoms with E-state index in [-0.39, 0.29) is 11.4 Å². The van der Waals surface area contributed by atoms with Crippen molar-refractivity contribution in [3.63, 3.8) is 0 Å². The lowest BCUT2D eigenvalue weighted by Crippen LogP contribution is -2.60. The molecule has 0 amide bonds. The minimum Gasteiger partial charge on any atom is -0.374 e. The molecule has 5 nitrogen and oxygen atoms in total. The Labute approximate surface area is 260 Å². The van der Waals surface area contributed by atoms with Crippen LogP contribution in [0.1, 0.15) is 37.5 Å². The van der Waals surface area contributed by atoms with Crippen LogP contribution in [0, 0.1) is 0 Å². The van der Waals surface area contributed by atoms with Gasteiger partial charge < -0.3 is 23.7 Å². The van der Waals surface area contributed by atoms with Gasteiger partial charge in [-0.05, 0) is 49.6 Å². The van der Waals surface area contributed by atoms with E-state index in [0.29, 0.717) is 26.4 Å². The number of ether oxygens (including phenoxy) is 5. The van der Waals surface area contributed by atoms with Gasteiger partial charge in [0.05, 0.1) is 37.3 Å². The summed E-state index contributed by atoms with van der Waals surface area (Å²) in [5.41, 5.74) is 2.87. The van der Waals surface area contributed by atoms with Gasteiger partial charge in [0.15, 0.2) is 6.29 Å². The van der Waals surface area contributed by atoms with E-state index in [1.807, 2.05) is 60.7 Å². The fourth-order valence-corrected chi connectivity index (χ4v) is 6.26. The van der Waals surface area contributed by atoms with Gasteiger partial charge in [0, 0.05) is 4.90 Å². The first-order chi connectivity index (χ1) is 20.9. The largest absolute Gasteiger partial charge is 0.374 e. The van der Waals surface area contributed by atoms with Crippen LogP contribution >= 0.6 is 11.8 Å². The van der Waals surface area contributed by atoms with Crippen LogP contribution in [0.5, 0.6) is 0 Å². The normalized spacial score (nSPS) is 22.3. The van der Waals surface area contributed by atoms with E-state index >= 15 is 0 Å². The molecular formula is C37H42O5S. The van der Waals surface area contributed by atoms with Gasteiger partial charge in [-0.3, -0.25) is 0 Å². The summed E-state index contributed by atoms with van der Waals surface area (Å²) in [5, 5.41) is -0.198. The van der Waals surface area contributed by atoms with Crippen LogP contribution in [0.4, 0.5) is 0 Å². The molecule has 6 heteroatoms. The summed E-state index contributed by atoms with van der Waals surface area (Å²) in [6, 6.07) is 41.0. The quantitative estimate of drug-likeness (QED) is 0.155. The predicted octanol–water partition coefficient (Wildman–Crippen LogP) is 8.07. The van der Waals surface area contributed by atoms with Crippen molar-refractivity contribution in [3.05, 3.63) is 138 Å². The van der Waals surface area contributed by atoms with Crippen LogP contribution in [0.25, 0.3) is 0 Å². The highest BCUT2D eigenvalue weighted by Gasteiger charge is 2.49. The van der Waals surface area contributed by atoms with Crippen molar-refractivity contribution in [2.75, 3.05) is 6.61 Å². The molecule has 1 fully saturated rings. The Hall–Kier alpha value is -2.97. The molecule has 226 valence electrons. The Balaban J connectivity index is 1.46. The Morgan fingerprint density at radius 2 is 1.07 bits per heavy atom. The van der Waals surface area contributed by atoms with Crippen LogP contribution in [-0.2, 0) is 43.5 Å². The van der Waals surface area contributed by atoms with E-state index in [4.69, 9.17) is 23.7 Å². The zero-order valence-corrected chi connectivity index (χ0v) is 26.0. The van der Waals surface area contributed by atoms with Gasteiger partial charge in [-0.2, -0.15) is 0 Å². The Bertz CT molecular complexity index is 1330. The summed E-state index contributed by atoms with van der Waals surface area (Å²) >= 11 is 1.71. The Morgan fingerprint density at radius 3 is 1.58 bits per heavy atom. The molecule has 5 rings (SSSR count). The first-order valence-corrected chi connectivity index (χ1v) is 15.8. The average molecular weight is 599 g/mol. The van der Waals surface area contributed by atoms with E-state index in [9.17, 15) is 0 Å². The summed E-state index contributed by atoms with van der Waals surface area (Å²) in [6.45, 7) is 7.87. The molecular weight excluding hydrogens is 556 g/mol. The number of thioether (sulfide) groups is 1. The van der Waals surface area contributed by atoms with Crippen LogP contribution in [0.3, 0.4) is 0 Å². The monoisotopic (exact) mass is 598 g/mol. The molecule has 0 spiro atoms. The van der Waals surface area contributed by atoms with Crippen molar-refractivity contribution in [3.8, 4) is 0 Å². The molecule has 0 N–H and O–H groups in total. The third kappa shape index (κ3) is 9.77. The second-order valence-corrected chi connectivity index (χ2v) is 12.9. The molecule has 1 heterocycles. The molecule has 0 bridgehead atoms. The zero-order valence-electron chi connectivity index (χ0n) is 25.2. The van der Waals surface area contributed by atoms with Gasteiger partial charge >= 0.3 is 0 Å². The van der Waals surface area contributed by atoms with E-state index < -0.39 is 24.1 Å². The lowest BCUT2D eigenvalue weighted by molar-refractivity contribution is -0.293. The Kier molecular flexibility index (Phi) is 11.5. The van der Waals surface area contributed by atoms with Gasteiger partial charge in [-0.25, -0.2) is 0 Å². The fourth-order valence-electron chi connectivity index (χ4n) is 5.03. The maximum Gasteiger partial charge on any atom is 0.173 e. The van der Waals surface area contributed by atoms with Crippen LogP contribution in [0.15, 0.2) is 126 Å². The molecule has 5 atom stereocenters. The topological polar surface area (TPSA) is 46.2 Å². The van der Waals surface area contributed by atoms with Crippen LogP contribution in [0.2, 0.25) is 0 Å². The predicted molar refractivity (Wildman–Crippen MR) is 172 cm³/mol. The second kappa shape index (κ2) is 15.7. The standard InChI is InChI=1S/C37H42O5S/c1-37(2,3)42-36-35(43-31-22-14-7-15-23-31)34(40-26-30-20-12-6-13-21-30)33(39-25-29-18-10-5-11-19-29)32(41-36)27-38-24-28-16-8-4-9-17-28/h4-23,32-36H,24-27H2,1-3H3/t32-,33-,34+,35-,36+/m1/s1. The molecule has 1 saturated heterocycles. The SMILES string of the molecule is CC(C)(C)O[C@@H]1O[C@H](COCc2ccccc2)[C@@H](OCc2ccccc2)[C@H](OCc2ccccc2)[C@H]1Sc1ccccc1. The van der Waals surface area contributed by atoms with E-state index in [1.165, 1.54) is 0 Å². The fraction of sp³-hybridized carbons (Fsp3) is 0.351. The van der Waals surface area contributed by atoms with Crippen molar-refractivity contribution >= 4 is 11.8 Å². The minimum absolute atomic E-state index is 0.198. The van der Waals surface area contributed by atoms with Crippen molar-refractivity contribution in [1.82, 2.24) is 0 Å². The number of hydrogen-bond donors (Lipinski definition) is 0. The third-order valence-electron chi connectivity index (χ3n) is 7.04. The van der Waals surface area contributed by atoms with E-state index in [0.717, 1.165) is 21.6 Å². The smallest absolute Gasteiger partial charge is 0.173 e. The molecule has 0 saturated carbocycles.